The lowest BCUT2D eigenvalue weighted by Crippen LogP contribution is -1.94. The Kier molecular flexibility index (Phi) is 9.72. The lowest BCUT2D eigenvalue weighted by molar-refractivity contribution is 0.664. The summed E-state index contributed by atoms with van der Waals surface area (Å²) in [7, 11) is 0. The smallest absolute Gasteiger partial charge is 0.180 e. The Morgan fingerprint density at radius 3 is 1.36 bits per heavy atom. The molecule has 15 rings (SSSR count). The van der Waals surface area contributed by atoms with Gasteiger partial charge in [0.15, 0.2) is 11.2 Å². The Morgan fingerprint density at radius 2 is 0.795 bits per heavy atom. The maximum atomic E-state index is 6.26. The molecule has 0 fully saturated rings. The normalized spacial score (nSPS) is 11.7. The minimum absolute atomic E-state index is 0.705. The number of fused-ring (bicyclic) bond motifs is 12. The highest BCUT2D eigenvalue weighted by atomic mass is 16.3. The van der Waals surface area contributed by atoms with Gasteiger partial charge in [-0.05, 0) is 120 Å². The molecule has 0 atom stereocenters. The van der Waals surface area contributed by atoms with Crippen molar-refractivity contribution in [1.82, 2.24) is 29.1 Å². The highest BCUT2D eigenvalue weighted by molar-refractivity contribution is 6.13. The number of furan rings is 2. The molecule has 9 aromatic carbocycles. The Bertz CT molecular complexity index is 4640. The van der Waals surface area contributed by atoms with Gasteiger partial charge >= 0.3 is 0 Å². The Morgan fingerprint density at radius 1 is 0.370 bits per heavy atom. The number of benzene rings is 9. The zero-order chi connectivity index (χ0) is 48.6. The summed E-state index contributed by atoms with van der Waals surface area (Å²) < 4.78 is 16.8. The second-order valence-electron chi connectivity index (χ2n) is 18.4. The first-order valence-electron chi connectivity index (χ1n) is 24.3. The fourth-order valence-electron chi connectivity index (χ4n) is 10.6. The lowest BCUT2D eigenvalue weighted by Gasteiger charge is -2.10. The molecule has 0 amide bonds. The van der Waals surface area contributed by atoms with Crippen molar-refractivity contribution in [3.63, 3.8) is 0 Å². The van der Waals surface area contributed by atoms with E-state index in [-0.39, 0.29) is 0 Å². The molecule has 6 aromatic heterocycles. The fraction of sp³-hybridized carbons (Fsp3) is 0.0154. The number of rotatable bonds is 6. The van der Waals surface area contributed by atoms with Gasteiger partial charge < -0.3 is 18.0 Å². The number of para-hydroxylation sites is 4. The van der Waals surface area contributed by atoms with Crippen molar-refractivity contribution in [3.8, 4) is 44.9 Å². The van der Waals surface area contributed by atoms with Gasteiger partial charge in [-0.15, -0.1) is 0 Å². The minimum atomic E-state index is 0.705. The maximum Gasteiger partial charge on any atom is 0.180 e. The molecule has 8 nitrogen and oxygen atoms in total. The topological polar surface area (TPSA) is 87.7 Å². The summed E-state index contributed by atoms with van der Waals surface area (Å²) >= 11 is 0. The first kappa shape index (κ1) is 42.0. The molecule has 0 saturated heterocycles. The van der Waals surface area contributed by atoms with Crippen LogP contribution in [-0.2, 0) is 0 Å². The van der Waals surface area contributed by atoms with E-state index in [0.29, 0.717) is 5.58 Å². The molecule has 0 saturated carbocycles. The Labute approximate surface area is 418 Å². The second kappa shape index (κ2) is 16.9. The molecule has 73 heavy (non-hydrogen) atoms. The van der Waals surface area contributed by atoms with Crippen LogP contribution in [-0.4, -0.2) is 29.1 Å². The SMILES string of the molecule is C=C(C)c1ncnc2c1oc1ccccc12.c1ccc(-c2ccc(-n3c4ccccc4c4cc(-c5ccc6c(c5)c5ccccc5n6-c5ccc(-c6ncnc7c6oc6ccccc67)cc5)ccc43)cc2)cc1. The highest BCUT2D eigenvalue weighted by Gasteiger charge is 2.19. The van der Waals surface area contributed by atoms with E-state index in [1.54, 1.807) is 12.7 Å². The minimum Gasteiger partial charge on any atom is -0.452 e. The van der Waals surface area contributed by atoms with E-state index < -0.39 is 0 Å². The largest absolute Gasteiger partial charge is 0.452 e. The molecular weight excluding hydrogens is 897 g/mol. The molecule has 15 aromatic rings. The number of aromatic nitrogens is 6. The molecule has 6 heterocycles. The van der Waals surface area contributed by atoms with Crippen molar-refractivity contribution in [2.24, 2.45) is 0 Å². The van der Waals surface area contributed by atoms with Gasteiger partial charge in [-0.1, -0.05) is 134 Å². The van der Waals surface area contributed by atoms with E-state index in [1.807, 2.05) is 55.5 Å². The van der Waals surface area contributed by atoms with Gasteiger partial charge in [0.1, 0.15) is 46.2 Å². The van der Waals surface area contributed by atoms with Crippen molar-refractivity contribution in [2.75, 3.05) is 0 Å². The van der Waals surface area contributed by atoms with Crippen molar-refractivity contribution < 1.29 is 8.83 Å². The predicted molar refractivity (Wildman–Crippen MR) is 298 cm³/mol. The highest BCUT2D eigenvalue weighted by Crippen LogP contribution is 2.40. The van der Waals surface area contributed by atoms with Crippen molar-refractivity contribution in [2.45, 2.75) is 6.92 Å². The van der Waals surface area contributed by atoms with Gasteiger partial charge in [0.25, 0.3) is 0 Å². The van der Waals surface area contributed by atoms with Gasteiger partial charge in [0.2, 0.25) is 0 Å². The van der Waals surface area contributed by atoms with Gasteiger partial charge in [-0.2, -0.15) is 0 Å². The standard InChI is InChI=1S/C52H32N4O.C13H10N2O/c1-2-10-33(11-3-1)34-18-24-38(25-19-34)55-45-15-7-4-12-40(45)43-30-36(22-28-47(43)55)37-23-29-48-44(31-37)41-13-5-8-16-46(41)56(48)39-26-20-35(21-27-39)50-52-51(54-32-53-50)42-14-6-9-17-49(42)57-52;1-8(2)11-13-12(15-7-14-11)9-5-3-4-6-10(9)16-13/h1-32H;3-7H,1H2,2H3. The van der Waals surface area contributed by atoms with Gasteiger partial charge in [0, 0.05) is 49.3 Å². The molecule has 0 bridgehead atoms. The summed E-state index contributed by atoms with van der Waals surface area (Å²) in [5.74, 6) is 0. The van der Waals surface area contributed by atoms with E-state index in [2.05, 4.69) is 199 Å². The molecule has 0 unspecified atom stereocenters. The number of allylic oxidation sites excluding steroid dienone is 1. The van der Waals surface area contributed by atoms with Crippen LogP contribution in [0.4, 0.5) is 0 Å². The first-order valence-corrected chi connectivity index (χ1v) is 24.3. The molecule has 0 radical (unpaired) electrons. The van der Waals surface area contributed by atoms with Crippen LogP contribution < -0.4 is 0 Å². The molecule has 0 aliphatic carbocycles. The molecular formula is C65H42N6O2. The summed E-state index contributed by atoms with van der Waals surface area (Å²) in [6.07, 6.45) is 3.17. The van der Waals surface area contributed by atoms with Crippen LogP contribution in [0.15, 0.2) is 240 Å². The van der Waals surface area contributed by atoms with Crippen LogP contribution in [0.1, 0.15) is 12.6 Å². The van der Waals surface area contributed by atoms with E-state index in [4.69, 9.17) is 8.83 Å². The quantitative estimate of drug-likeness (QED) is 0.165. The van der Waals surface area contributed by atoms with Gasteiger partial charge in [0.05, 0.1) is 22.1 Å². The average molecular weight is 939 g/mol. The summed E-state index contributed by atoms with van der Waals surface area (Å²) in [4.78, 5) is 17.7. The summed E-state index contributed by atoms with van der Waals surface area (Å²) in [5.41, 5.74) is 19.9. The van der Waals surface area contributed by atoms with Crippen LogP contribution in [0.2, 0.25) is 0 Å². The van der Waals surface area contributed by atoms with Crippen LogP contribution in [0, 0.1) is 0 Å². The fourth-order valence-corrected chi connectivity index (χ4v) is 10.6. The van der Waals surface area contributed by atoms with Crippen molar-refractivity contribution in [3.05, 3.63) is 237 Å². The van der Waals surface area contributed by atoms with Crippen LogP contribution in [0.5, 0.6) is 0 Å². The third kappa shape index (κ3) is 6.91. The number of nitrogens with zero attached hydrogens (tertiary/aromatic N) is 6. The Balaban J connectivity index is 0.000000262. The maximum absolute atomic E-state index is 6.26. The summed E-state index contributed by atoms with van der Waals surface area (Å²) in [6.45, 7) is 5.81. The molecule has 0 N–H and O–H groups in total. The first-order chi connectivity index (χ1) is 36.0. The van der Waals surface area contributed by atoms with E-state index in [0.717, 1.165) is 83.5 Å². The van der Waals surface area contributed by atoms with Crippen molar-refractivity contribution in [1.29, 1.82) is 0 Å². The molecule has 8 heteroatoms. The van der Waals surface area contributed by atoms with Gasteiger partial charge in [-0.25, -0.2) is 19.9 Å². The van der Waals surface area contributed by atoms with Crippen LogP contribution >= 0.6 is 0 Å². The lowest BCUT2D eigenvalue weighted by atomic mass is 10.0. The van der Waals surface area contributed by atoms with E-state index >= 15 is 0 Å². The van der Waals surface area contributed by atoms with E-state index in [1.165, 1.54) is 54.8 Å². The second-order valence-corrected chi connectivity index (χ2v) is 18.4. The number of hydrogen-bond acceptors (Lipinski definition) is 6. The monoisotopic (exact) mass is 938 g/mol. The summed E-state index contributed by atoms with van der Waals surface area (Å²) in [5, 5.41) is 6.92. The third-order valence-electron chi connectivity index (χ3n) is 14.0. The van der Waals surface area contributed by atoms with Gasteiger partial charge in [-0.3, -0.25) is 0 Å². The average Bonchev–Trinajstić information content (AvgIpc) is 4.21. The molecule has 344 valence electrons. The van der Waals surface area contributed by atoms with Crippen LogP contribution in [0.3, 0.4) is 0 Å². The van der Waals surface area contributed by atoms with Crippen LogP contribution in [0.25, 0.3) is 138 Å². The molecule has 0 spiro atoms. The van der Waals surface area contributed by atoms with E-state index in [9.17, 15) is 0 Å². The third-order valence-corrected chi connectivity index (χ3v) is 14.0. The Hall–Kier alpha value is -9.92. The number of hydrogen-bond donors (Lipinski definition) is 0. The molecule has 0 aliphatic heterocycles. The summed E-state index contributed by atoms with van der Waals surface area (Å²) in [6, 6.07) is 75.1. The predicted octanol–water partition coefficient (Wildman–Crippen LogP) is 17.0. The zero-order valence-electron chi connectivity index (χ0n) is 39.6. The van der Waals surface area contributed by atoms with Crippen molar-refractivity contribution >= 4 is 93.3 Å². The zero-order valence-corrected chi connectivity index (χ0v) is 39.6. The molecule has 0 aliphatic rings.